The number of benzene rings is 18. The molecule has 0 aliphatic heterocycles. The molecule has 0 saturated heterocycles. The van der Waals surface area contributed by atoms with Gasteiger partial charge in [0, 0.05) is 95.8 Å². The van der Waals surface area contributed by atoms with Gasteiger partial charge in [-0.2, -0.15) is 0 Å². The van der Waals surface area contributed by atoms with Gasteiger partial charge in [-0.05, 0) is 206 Å². The highest BCUT2D eigenvalue weighted by Gasteiger charge is 2.24. The largest absolute Gasteiger partial charge is 0.456 e. The fourth-order valence-corrected chi connectivity index (χ4v) is 22.5. The first-order valence-electron chi connectivity index (χ1n) is 41.6. The van der Waals surface area contributed by atoms with E-state index in [1.54, 1.807) is 0 Å². The second-order valence-electron chi connectivity index (χ2n) is 31.7. The lowest BCUT2D eigenvalue weighted by Gasteiger charge is -2.09. The molecule has 0 spiro atoms. The first kappa shape index (κ1) is 70.6. The standard InChI is InChI=1S/3C38H23NOS/c1-2-9-27(10-3-1)39-32-14-6-4-11-29(32)38-37(39)31-23-26(21-22-35(31)41-38)24-17-19-25(20-18-24)28-13-8-16-34-36(28)30-12-5-7-15-33(30)40-34;1-2-8-28(9-3-1)39-33-12-6-4-11-31(33)38-37(39)32-22-26(19-21-36(32)41-38)24-14-16-25(17-15-24)27-18-20-30-29-10-5-7-13-34(29)40-35(30)23-27;1-2-8-28(9-3-1)39-33-12-6-4-11-30(33)38-37(39)32-23-27(19-21-36(32)41-38)25-16-14-24(15-17-25)26-18-20-35-31(22-26)29-10-5-7-13-34(29)40-35/h3*1-23H. The van der Waals surface area contributed by atoms with Crippen molar-refractivity contribution in [3.05, 3.63) is 419 Å². The third-order valence-electron chi connectivity index (χ3n) is 24.7. The topological polar surface area (TPSA) is 54.2 Å². The Hall–Kier alpha value is -15.4. The molecule has 27 rings (SSSR count). The van der Waals surface area contributed by atoms with Crippen LogP contribution in [0.2, 0.25) is 0 Å². The van der Waals surface area contributed by atoms with Gasteiger partial charge >= 0.3 is 0 Å². The van der Waals surface area contributed by atoms with E-state index in [1.165, 1.54) is 177 Å². The second kappa shape index (κ2) is 28.7. The van der Waals surface area contributed by atoms with Crippen LogP contribution >= 0.6 is 34.0 Å². The SMILES string of the molecule is c1ccc(-n2c3ccccc3c3sc4ccc(-c5ccc(-c6ccc7c(c6)oc6ccccc67)cc5)cc4c32)cc1.c1ccc(-n2c3ccccc3c3sc4ccc(-c5ccc(-c6ccc7oc8ccccc8c7c6)cc5)cc4c32)cc1.c1ccc(-n2c3ccccc3c3sc4ccc(-c5ccc(-c6cccc7oc8ccccc8c67)cc5)cc4c32)cc1. The van der Waals surface area contributed by atoms with Crippen LogP contribution in [0.25, 0.3) is 243 Å². The Labute approximate surface area is 717 Å². The van der Waals surface area contributed by atoms with E-state index in [4.69, 9.17) is 13.3 Å². The summed E-state index contributed by atoms with van der Waals surface area (Å²) >= 11 is 5.65. The van der Waals surface area contributed by atoms with E-state index in [0.717, 1.165) is 66.0 Å². The van der Waals surface area contributed by atoms with Gasteiger partial charge in [-0.3, -0.25) is 0 Å². The number of thiophene rings is 3. The molecule has 9 heterocycles. The predicted molar refractivity (Wildman–Crippen MR) is 523 cm³/mol. The third-order valence-corrected chi connectivity index (χ3v) is 28.2. The highest BCUT2D eigenvalue weighted by molar-refractivity contribution is 7.27. The maximum atomic E-state index is 6.14. The van der Waals surface area contributed by atoms with Crippen LogP contribution in [0.4, 0.5) is 0 Å². The van der Waals surface area contributed by atoms with E-state index >= 15 is 0 Å². The molecule has 0 saturated carbocycles. The van der Waals surface area contributed by atoms with E-state index in [0.29, 0.717) is 0 Å². The summed E-state index contributed by atoms with van der Waals surface area (Å²) in [5.41, 5.74) is 31.2. The molecule has 123 heavy (non-hydrogen) atoms. The van der Waals surface area contributed by atoms with Gasteiger partial charge in [-0.15, -0.1) is 34.0 Å². The van der Waals surface area contributed by atoms with Crippen LogP contribution in [0.5, 0.6) is 0 Å². The smallest absolute Gasteiger partial charge is 0.136 e. The summed E-state index contributed by atoms with van der Waals surface area (Å²) in [6.45, 7) is 0. The van der Waals surface area contributed by atoms with Gasteiger partial charge in [-0.1, -0.05) is 279 Å². The summed E-state index contributed by atoms with van der Waals surface area (Å²) in [6, 6.07) is 150. The zero-order chi connectivity index (χ0) is 80.7. The monoisotopic (exact) mass is 1620 g/mol. The minimum atomic E-state index is 0.925. The van der Waals surface area contributed by atoms with Gasteiger partial charge in [0.2, 0.25) is 0 Å². The first-order chi connectivity index (χ1) is 61.0. The highest BCUT2D eigenvalue weighted by atomic mass is 32.1. The minimum Gasteiger partial charge on any atom is -0.456 e. The maximum absolute atomic E-state index is 6.14. The molecule has 0 fully saturated rings. The Bertz CT molecular complexity index is 8850. The third kappa shape index (κ3) is 11.7. The predicted octanol–water partition coefficient (Wildman–Crippen LogP) is 33.7. The van der Waals surface area contributed by atoms with E-state index < -0.39 is 0 Å². The van der Waals surface area contributed by atoms with Crippen LogP contribution in [0.3, 0.4) is 0 Å². The molecule has 0 N–H and O–H groups in total. The Kier molecular flexibility index (Phi) is 16.5. The van der Waals surface area contributed by atoms with Gasteiger partial charge < -0.3 is 27.0 Å². The van der Waals surface area contributed by atoms with E-state index in [-0.39, 0.29) is 0 Å². The van der Waals surface area contributed by atoms with Gasteiger partial charge in [-0.25, -0.2) is 0 Å². The quantitative estimate of drug-likeness (QED) is 0.145. The van der Waals surface area contributed by atoms with E-state index in [1.807, 2.05) is 70.4 Å². The van der Waals surface area contributed by atoms with Gasteiger partial charge in [0.25, 0.3) is 0 Å². The average molecular weight is 1630 g/mol. The number of rotatable bonds is 9. The van der Waals surface area contributed by atoms with Gasteiger partial charge in [0.15, 0.2) is 0 Å². The highest BCUT2D eigenvalue weighted by Crippen LogP contribution is 2.49. The van der Waals surface area contributed by atoms with Crippen LogP contribution in [0, 0.1) is 0 Å². The number of furan rings is 3. The number of aromatic nitrogens is 3. The molecule has 27 aromatic rings. The lowest BCUT2D eigenvalue weighted by Crippen LogP contribution is -1.92. The fourth-order valence-electron chi connectivity index (χ4n) is 18.9. The Morgan fingerprint density at radius 3 is 0.886 bits per heavy atom. The van der Waals surface area contributed by atoms with Gasteiger partial charge in [0.1, 0.15) is 33.5 Å². The minimum absolute atomic E-state index is 0.925. The summed E-state index contributed by atoms with van der Waals surface area (Å²) in [4.78, 5) is 0. The Morgan fingerprint density at radius 1 is 0.171 bits per heavy atom. The Balaban J connectivity index is 0.000000101. The molecule has 0 atom stereocenters. The van der Waals surface area contributed by atoms with Crippen LogP contribution in [0.1, 0.15) is 0 Å². The molecule has 0 aliphatic rings. The summed E-state index contributed by atoms with van der Waals surface area (Å²) in [5.74, 6) is 0. The lowest BCUT2D eigenvalue weighted by atomic mass is 9.96. The molecule has 9 aromatic heterocycles. The molecule has 0 bridgehead atoms. The molecular weight excluding hydrogens is 1560 g/mol. The van der Waals surface area contributed by atoms with Crippen LogP contribution < -0.4 is 0 Å². The van der Waals surface area contributed by atoms with Crippen LogP contribution in [-0.4, -0.2) is 13.7 Å². The Morgan fingerprint density at radius 2 is 0.455 bits per heavy atom. The molecule has 9 heteroatoms. The van der Waals surface area contributed by atoms with Crippen molar-refractivity contribution in [3.63, 3.8) is 0 Å². The van der Waals surface area contributed by atoms with Crippen molar-refractivity contribution in [2.24, 2.45) is 0 Å². The number of nitrogens with zero attached hydrogens (tertiary/aromatic N) is 3. The van der Waals surface area contributed by atoms with E-state index in [9.17, 15) is 0 Å². The molecule has 0 radical (unpaired) electrons. The lowest BCUT2D eigenvalue weighted by molar-refractivity contribution is 0.668. The maximum Gasteiger partial charge on any atom is 0.136 e. The first-order valence-corrected chi connectivity index (χ1v) is 44.0. The zero-order valence-corrected chi connectivity index (χ0v) is 68.6. The summed E-state index contributed by atoms with van der Waals surface area (Å²) < 4.78 is 33.5. The average Bonchev–Trinajstić information content (AvgIpc) is 1.57. The van der Waals surface area contributed by atoms with Crippen LogP contribution in [0.15, 0.2) is 432 Å². The normalized spacial score (nSPS) is 11.9. The second-order valence-corrected chi connectivity index (χ2v) is 34.8. The number of hydrogen-bond acceptors (Lipinski definition) is 6. The van der Waals surface area contributed by atoms with Crippen molar-refractivity contribution in [1.82, 2.24) is 13.7 Å². The van der Waals surface area contributed by atoms with Crippen molar-refractivity contribution < 1.29 is 13.3 Å². The van der Waals surface area contributed by atoms with Crippen molar-refractivity contribution >= 4 is 193 Å². The molecule has 18 aromatic carbocycles. The molecule has 0 aliphatic carbocycles. The van der Waals surface area contributed by atoms with E-state index in [2.05, 4.69) is 396 Å². The zero-order valence-electron chi connectivity index (χ0n) is 66.1. The number of hydrogen-bond donors (Lipinski definition) is 0. The van der Waals surface area contributed by atoms with Crippen LogP contribution in [-0.2, 0) is 0 Å². The molecule has 0 unspecified atom stereocenters. The summed E-state index contributed by atoms with van der Waals surface area (Å²) in [7, 11) is 0. The van der Waals surface area contributed by atoms with Crippen molar-refractivity contribution in [2.45, 2.75) is 0 Å². The number of fused-ring (bicyclic) bond motifs is 24. The molecular formula is C114H69N3O3S3. The van der Waals surface area contributed by atoms with Gasteiger partial charge in [0.05, 0.1) is 47.2 Å². The molecule has 576 valence electrons. The summed E-state index contributed by atoms with van der Waals surface area (Å²) in [5, 5.41) is 14.8. The molecule has 6 nitrogen and oxygen atoms in total. The van der Waals surface area contributed by atoms with Crippen molar-refractivity contribution in [3.8, 4) is 83.8 Å². The summed E-state index contributed by atoms with van der Waals surface area (Å²) in [6.07, 6.45) is 0. The number of para-hydroxylation sites is 9. The van der Waals surface area contributed by atoms with Crippen molar-refractivity contribution in [2.75, 3.05) is 0 Å². The van der Waals surface area contributed by atoms with Crippen molar-refractivity contribution in [1.29, 1.82) is 0 Å². The molecule has 0 amide bonds. The fraction of sp³-hybridized carbons (Fsp3) is 0.